The first-order valence-electron chi connectivity index (χ1n) is 8.01. The highest BCUT2D eigenvalue weighted by Crippen LogP contribution is 2.09. The van der Waals surface area contributed by atoms with Gasteiger partial charge in [-0.2, -0.15) is 9.90 Å². The minimum absolute atomic E-state index is 0.0442. The van der Waals surface area contributed by atoms with E-state index in [-0.39, 0.29) is 18.7 Å². The van der Waals surface area contributed by atoms with Gasteiger partial charge in [0.2, 0.25) is 0 Å². The number of carbonyl (C=O) groups is 2. The molecule has 0 aliphatic heterocycles. The summed E-state index contributed by atoms with van der Waals surface area (Å²) in [6, 6.07) is 4.30. The predicted octanol–water partition coefficient (Wildman–Crippen LogP) is 1.79. The van der Waals surface area contributed by atoms with Crippen molar-refractivity contribution < 1.29 is 23.8 Å². The number of ether oxygens (including phenoxy) is 1. The average molecular weight is 364 g/mol. The van der Waals surface area contributed by atoms with Gasteiger partial charge in [0.15, 0.2) is 5.69 Å². The van der Waals surface area contributed by atoms with E-state index in [1.165, 1.54) is 30.5 Å². The van der Waals surface area contributed by atoms with Crippen molar-refractivity contribution in [1.29, 1.82) is 0 Å². The van der Waals surface area contributed by atoms with Crippen molar-refractivity contribution in [2.24, 2.45) is 0 Å². The molecule has 0 radical (unpaired) electrons. The molecular weight excluding hydrogens is 343 g/mol. The van der Waals surface area contributed by atoms with Crippen molar-refractivity contribution in [3.8, 4) is 5.69 Å². The highest BCUT2D eigenvalue weighted by Gasteiger charge is 2.23. The van der Waals surface area contributed by atoms with Crippen molar-refractivity contribution in [1.82, 2.24) is 20.3 Å². The third-order valence-electron chi connectivity index (χ3n) is 3.33. The van der Waals surface area contributed by atoms with Crippen LogP contribution >= 0.6 is 0 Å². The third-order valence-corrected chi connectivity index (χ3v) is 3.33. The summed E-state index contributed by atoms with van der Waals surface area (Å²) in [5.41, 5.74) is 0.0291. The Labute approximate surface area is 150 Å². The van der Waals surface area contributed by atoms with Crippen LogP contribution in [-0.2, 0) is 9.53 Å². The number of nitrogens with one attached hydrogen (secondary N) is 1. The highest BCUT2D eigenvalue weighted by molar-refractivity contribution is 5.94. The Morgan fingerprint density at radius 1 is 1.31 bits per heavy atom. The maximum atomic E-state index is 13.0. The number of rotatable bonds is 7. The summed E-state index contributed by atoms with van der Waals surface area (Å²) < 4.78 is 18.4. The quantitative estimate of drug-likeness (QED) is 0.776. The summed E-state index contributed by atoms with van der Waals surface area (Å²) in [6.07, 6.45) is 1.33. The number of hydrogen-bond donors (Lipinski definition) is 2. The molecule has 2 aromatic rings. The number of benzene rings is 1. The van der Waals surface area contributed by atoms with Gasteiger partial charge >= 0.3 is 5.97 Å². The molecule has 0 saturated heterocycles. The fourth-order valence-corrected chi connectivity index (χ4v) is 2.04. The molecule has 1 aromatic carbocycles. The number of carboxylic acid groups (broad SMARTS) is 1. The minimum atomic E-state index is -1.17. The van der Waals surface area contributed by atoms with E-state index in [2.05, 4.69) is 15.5 Å². The molecule has 9 heteroatoms. The van der Waals surface area contributed by atoms with Crippen LogP contribution in [0.1, 0.15) is 37.7 Å². The Kier molecular flexibility index (Phi) is 6.04. The molecule has 1 atom stereocenters. The molecule has 0 bridgehead atoms. The summed E-state index contributed by atoms with van der Waals surface area (Å²) in [5, 5.41) is 19.6. The number of halogens is 1. The van der Waals surface area contributed by atoms with Gasteiger partial charge in [-0.25, -0.2) is 9.18 Å². The molecule has 1 amide bonds. The van der Waals surface area contributed by atoms with Crippen molar-refractivity contribution in [3.63, 3.8) is 0 Å². The number of carbonyl (C=O) groups excluding carboxylic acids is 1. The van der Waals surface area contributed by atoms with E-state index in [9.17, 15) is 19.1 Å². The Morgan fingerprint density at radius 3 is 2.54 bits per heavy atom. The normalized spacial score (nSPS) is 12.6. The first-order chi connectivity index (χ1) is 12.2. The molecule has 26 heavy (non-hydrogen) atoms. The zero-order valence-electron chi connectivity index (χ0n) is 14.8. The number of nitrogens with zero attached hydrogens (tertiary/aromatic N) is 3. The van der Waals surface area contributed by atoms with Crippen molar-refractivity contribution in [3.05, 3.63) is 42.0 Å². The topological polar surface area (TPSA) is 106 Å². The van der Waals surface area contributed by atoms with Crippen LogP contribution in [-0.4, -0.2) is 50.2 Å². The summed E-state index contributed by atoms with van der Waals surface area (Å²) in [4.78, 5) is 24.7. The predicted molar refractivity (Wildman–Crippen MR) is 90.5 cm³/mol. The minimum Gasteiger partial charge on any atom is -0.480 e. The van der Waals surface area contributed by atoms with Crippen LogP contribution in [0.5, 0.6) is 0 Å². The maximum Gasteiger partial charge on any atom is 0.326 e. The van der Waals surface area contributed by atoms with Crippen molar-refractivity contribution in [2.75, 3.05) is 6.61 Å². The molecule has 1 unspecified atom stereocenters. The van der Waals surface area contributed by atoms with E-state index < -0.39 is 29.3 Å². The fraction of sp³-hybridized carbons (Fsp3) is 0.412. The zero-order chi connectivity index (χ0) is 19.3. The van der Waals surface area contributed by atoms with Gasteiger partial charge in [0.1, 0.15) is 11.9 Å². The van der Waals surface area contributed by atoms with Gasteiger partial charge in [-0.1, -0.05) is 0 Å². The average Bonchev–Trinajstić information content (AvgIpc) is 3.03. The number of amides is 1. The van der Waals surface area contributed by atoms with Gasteiger partial charge in [-0.05, 0) is 45.0 Å². The van der Waals surface area contributed by atoms with Crippen LogP contribution in [0, 0.1) is 5.82 Å². The molecule has 0 fully saturated rings. The largest absolute Gasteiger partial charge is 0.480 e. The Hall–Kier alpha value is -2.81. The van der Waals surface area contributed by atoms with Crippen LogP contribution in [0.25, 0.3) is 5.69 Å². The second-order valence-electron chi connectivity index (χ2n) is 6.61. The van der Waals surface area contributed by atoms with Gasteiger partial charge < -0.3 is 15.2 Å². The molecule has 1 heterocycles. The van der Waals surface area contributed by atoms with Crippen LogP contribution in [0.2, 0.25) is 0 Å². The lowest BCUT2D eigenvalue weighted by Gasteiger charge is -2.21. The SMILES string of the molecule is CC(C)(C)OCCC(NC(=O)c1cnn(-c2ccc(F)cc2)n1)C(=O)O. The molecule has 0 spiro atoms. The van der Waals surface area contributed by atoms with Crippen molar-refractivity contribution in [2.45, 2.75) is 38.8 Å². The number of aromatic nitrogens is 3. The van der Waals surface area contributed by atoms with E-state index >= 15 is 0 Å². The highest BCUT2D eigenvalue weighted by atomic mass is 19.1. The fourth-order valence-electron chi connectivity index (χ4n) is 2.04. The summed E-state index contributed by atoms with van der Waals surface area (Å²) in [7, 11) is 0. The molecule has 140 valence electrons. The Morgan fingerprint density at radius 2 is 1.96 bits per heavy atom. The molecule has 0 aliphatic carbocycles. The van der Waals surface area contributed by atoms with Gasteiger partial charge in [-0.15, -0.1) is 5.10 Å². The maximum absolute atomic E-state index is 13.0. The van der Waals surface area contributed by atoms with E-state index in [0.717, 1.165) is 4.80 Å². The summed E-state index contributed by atoms with van der Waals surface area (Å²) in [5.74, 6) is -2.23. The van der Waals surface area contributed by atoms with E-state index in [1.807, 2.05) is 20.8 Å². The lowest BCUT2D eigenvalue weighted by molar-refractivity contribution is -0.140. The van der Waals surface area contributed by atoms with Crippen molar-refractivity contribution >= 4 is 11.9 Å². The van der Waals surface area contributed by atoms with Crippen LogP contribution in [0.4, 0.5) is 4.39 Å². The molecule has 0 aliphatic rings. The van der Waals surface area contributed by atoms with E-state index in [4.69, 9.17) is 4.74 Å². The molecular formula is C17H21FN4O4. The Bertz CT molecular complexity index is 768. The second kappa shape index (κ2) is 8.05. The lowest BCUT2D eigenvalue weighted by atomic mass is 10.1. The monoisotopic (exact) mass is 364 g/mol. The number of aliphatic carboxylic acids is 1. The molecule has 2 N–H and O–H groups in total. The van der Waals surface area contributed by atoms with Gasteiger partial charge in [0.05, 0.1) is 17.5 Å². The van der Waals surface area contributed by atoms with Crippen LogP contribution in [0.15, 0.2) is 30.5 Å². The third kappa shape index (κ3) is 5.62. The van der Waals surface area contributed by atoms with Gasteiger partial charge in [0, 0.05) is 13.0 Å². The zero-order valence-corrected chi connectivity index (χ0v) is 14.8. The van der Waals surface area contributed by atoms with E-state index in [0.29, 0.717) is 5.69 Å². The standard InChI is InChI=1S/C17H21FN4O4/c1-17(2,3)26-9-8-13(16(24)25)20-15(23)14-10-19-22(21-14)12-6-4-11(18)5-7-12/h4-7,10,13H,8-9H2,1-3H3,(H,20,23)(H,24,25). The smallest absolute Gasteiger partial charge is 0.326 e. The van der Waals surface area contributed by atoms with E-state index in [1.54, 1.807) is 0 Å². The second-order valence-corrected chi connectivity index (χ2v) is 6.61. The summed E-state index contributed by atoms with van der Waals surface area (Å²) >= 11 is 0. The first kappa shape index (κ1) is 19.5. The lowest BCUT2D eigenvalue weighted by Crippen LogP contribution is -2.42. The molecule has 0 saturated carbocycles. The molecule has 1 aromatic heterocycles. The molecule has 8 nitrogen and oxygen atoms in total. The molecule has 2 rings (SSSR count). The number of carboxylic acids is 1. The first-order valence-corrected chi connectivity index (χ1v) is 8.01. The van der Waals surface area contributed by atoms with Crippen LogP contribution in [0.3, 0.4) is 0 Å². The van der Waals surface area contributed by atoms with Gasteiger partial charge in [0.25, 0.3) is 5.91 Å². The summed E-state index contributed by atoms with van der Waals surface area (Å²) in [6.45, 7) is 5.75. The van der Waals surface area contributed by atoms with Gasteiger partial charge in [-0.3, -0.25) is 4.79 Å². The number of hydrogen-bond acceptors (Lipinski definition) is 5. The Balaban J connectivity index is 2.01. The van der Waals surface area contributed by atoms with Crippen LogP contribution < -0.4 is 5.32 Å².